The molecule has 0 spiro atoms. The Bertz CT molecular complexity index is 647. The molecule has 24 heavy (non-hydrogen) atoms. The van der Waals surface area contributed by atoms with Gasteiger partial charge >= 0.3 is 0 Å². The van der Waals surface area contributed by atoms with Gasteiger partial charge in [0.1, 0.15) is 17.6 Å². The van der Waals surface area contributed by atoms with E-state index < -0.39 is 6.04 Å². The van der Waals surface area contributed by atoms with Crippen molar-refractivity contribution in [1.82, 2.24) is 4.90 Å². The van der Waals surface area contributed by atoms with E-state index in [9.17, 15) is 14.4 Å². The molecule has 2 amide bonds. The number of furan rings is 1. The molecule has 1 aromatic rings. The van der Waals surface area contributed by atoms with Crippen LogP contribution in [0.25, 0.3) is 0 Å². The summed E-state index contributed by atoms with van der Waals surface area (Å²) in [6.07, 6.45) is 2.17. The number of carbonyl (C=O) groups excluding carboxylic acids is 3. The monoisotopic (exact) mass is 332 g/mol. The molecule has 0 aromatic carbocycles. The standard InChI is InChI=1S/C18H24N2O4/c1-5-16(22)19-10-11-20(18(23)13(19)4)17-9-7-14(24-17)6-8-15(21)12(2)3/h5,7,9,12-13H,1,6,8,10-11H2,2-4H3. The second-order valence-corrected chi connectivity index (χ2v) is 6.26. The van der Waals surface area contributed by atoms with Crippen molar-refractivity contribution in [3.8, 4) is 0 Å². The SMILES string of the molecule is C=CC(=O)N1CCN(c2ccc(CCC(=O)C(C)C)o2)C(=O)C1C. The molecule has 0 N–H and O–H groups in total. The zero-order valence-corrected chi connectivity index (χ0v) is 14.4. The van der Waals surface area contributed by atoms with Crippen molar-refractivity contribution < 1.29 is 18.8 Å². The normalized spacial score (nSPS) is 18.2. The molecule has 2 rings (SSSR count). The highest BCUT2D eigenvalue weighted by Gasteiger charge is 2.35. The Balaban J connectivity index is 2.03. The number of piperazine rings is 1. The minimum Gasteiger partial charge on any atom is -0.445 e. The first-order valence-electron chi connectivity index (χ1n) is 8.21. The first-order valence-corrected chi connectivity index (χ1v) is 8.21. The minimum atomic E-state index is -0.555. The number of aryl methyl sites for hydroxylation is 1. The maximum Gasteiger partial charge on any atom is 0.251 e. The van der Waals surface area contributed by atoms with Gasteiger partial charge in [-0.1, -0.05) is 20.4 Å². The lowest BCUT2D eigenvalue weighted by Gasteiger charge is -2.37. The van der Waals surface area contributed by atoms with Crippen molar-refractivity contribution in [2.45, 2.75) is 39.7 Å². The van der Waals surface area contributed by atoms with Crippen molar-refractivity contribution in [2.75, 3.05) is 18.0 Å². The number of anilines is 1. The fourth-order valence-electron chi connectivity index (χ4n) is 2.69. The number of Topliss-reactive ketones (excluding diaryl/α,β-unsaturated/α-hetero) is 1. The lowest BCUT2D eigenvalue weighted by atomic mass is 10.0. The van der Waals surface area contributed by atoms with Gasteiger partial charge in [0, 0.05) is 37.9 Å². The molecule has 1 unspecified atom stereocenters. The highest BCUT2D eigenvalue weighted by molar-refractivity contribution is 6.00. The lowest BCUT2D eigenvalue weighted by molar-refractivity contribution is -0.137. The number of carbonyl (C=O) groups is 3. The quantitative estimate of drug-likeness (QED) is 0.749. The second-order valence-electron chi connectivity index (χ2n) is 6.26. The van der Waals surface area contributed by atoms with Crippen molar-refractivity contribution >= 4 is 23.5 Å². The molecule has 0 aliphatic carbocycles. The van der Waals surface area contributed by atoms with Gasteiger partial charge < -0.3 is 9.32 Å². The summed E-state index contributed by atoms with van der Waals surface area (Å²) in [6, 6.07) is 2.98. The lowest BCUT2D eigenvalue weighted by Crippen LogP contribution is -2.57. The maximum absolute atomic E-state index is 12.5. The van der Waals surface area contributed by atoms with E-state index in [2.05, 4.69) is 6.58 Å². The largest absolute Gasteiger partial charge is 0.445 e. The van der Waals surface area contributed by atoms with E-state index >= 15 is 0 Å². The van der Waals surface area contributed by atoms with E-state index in [-0.39, 0.29) is 23.5 Å². The zero-order valence-electron chi connectivity index (χ0n) is 14.4. The minimum absolute atomic E-state index is 0.0114. The summed E-state index contributed by atoms with van der Waals surface area (Å²) in [5.74, 6) is 0.915. The summed E-state index contributed by atoms with van der Waals surface area (Å²) < 4.78 is 5.72. The number of nitrogens with zero attached hydrogens (tertiary/aromatic N) is 2. The molecule has 0 saturated carbocycles. The van der Waals surface area contributed by atoms with E-state index in [1.807, 2.05) is 13.8 Å². The van der Waals surface area contributed by atoms with E-state index in [4.69, 9.17) is 4.42 Å². The van der Waals surface area contributed by atoms with Crippen LogP contribution in [0.2, 0.25) is 0 Å². The van der Waals surface area contributed by atoms with E-state index in [1.54, 1.807) is 24.0 Å². The summed E-state index contributed by atoms with van der Waals surface area (Å²) in [5.41, 5.74) is 0. The van der Waals surface area contributed by atoms with Gasteiger partial charge in [0.05, 0.1) is 0 Å². The fourth-order valence-corrected chi connectivity index (χ4v) is 2.69. The van der Waals surface area contributed by atoms with Crippen LogP contribution in [0.5, 0.6) is 0 Å². The first-order chi connectivity index (χ1) is 11.3. The Labute approximate surface area is 142 Å². The van der Waals surface area contributed by atoms with Gasteiger partial charge in [0.2, 0.25) is 11.8 Å². The molecule has 1 aromatic heterocycles. The van der Waals surface area contributed by atoms with Crippen LogP contribution < -0.4 is 4.90 Å². The van der Waals surface area contributed by atoms with Gasteiger partial charge in [-0.25, -0.2) is 0 Å². The third-order valence-electron chi connectivity index (χ3n) is 4.29. The van der Waals surface area contributed by atoms with Crippen molar-refractivity contribution in [3.63, 3.8) is 0 Å². The second kappa shape index (κ2) is 7.47. The van der Waals surface area contributed by atoms with Gasteiger partial charge in [-0.2, -0.15) is 0 Å². The van der Waals surface area contributed by atoms with Crippen LogP contribution in [0.3, 0.4) is 0 Å². The third-order valence-corrected chi connectivity index (χ3v) is 4.29. The van der Waals surface area contributed by atoms with Gasteiger partial charge in [0.25, 0.3) is 5.91 Å². The number of rotatable bonds is 6. The molecule has 6 heteroatoms. The van der Waals surface area contributed by atoms with Crippen LogP contribution in [0.1, 0.15) is 33.0 Å². The van der Waals surface area contributed by atoms with Crippen molar-refractivity contribution in [3.05, 3.63) is 30.5 Å². The van der Waals surface area contributed by atoms with E-state index in [0.717, 1.165) is 0 Å². The van der Waals surface area contributed by atoms with E-state index in [0.29, 0.717) is 37.6 Å². The van der Waals surface area contributed by atoms with E-state index in [1.165, 1.54) is 11.0 Å². The van der Waals surface area contributed by atoms with Crippen LogP contribution >= 0.6 is 0 Å². The highest BCUT2D eigenvalue weighted by atomic mass is 16.4. The highest BCUT2D eigenvalue weighted by Crippen LogP contribution is 2.24. The van der Waals surface area contributed by atoms with Crippen LogP contribution in [-0.4, -0.2) is 41.6 Å². The molecule has 1 aliphatic rings. The molecule has 1 fully saturated rings. The smallest absolute Gasteiger partial charge is 0.251 e. The maximum atomic E-state index is 12.5. The predicted octanol–water partition coefficient (Wildman–Crippen LogP) is 2.19. The molecule has 130 valence electrons. The van der Waals surface area contributed by atoms with Gasteiger partial charge in [-0.15, -0.1) is 0 Å². The molecule has 0 radical (unpaired) electrons. The third kappa shape index (κ3) is 3.75. The van der Waals surface area contributed by atoms with Crippen molar-refractivity contribution in [1.29, 1.82) is 0 Å². The predicted molar refractivity (Wildman–Crippen MR) is 90.6 cm³/mol. The van der Waals surface area contributed by atoms with Crippen LogP contribution in [0.15, 0.2) is 29.2 Å². The molecular formula is C18H24N2O4. The topological polar surface area (TPSA) is 70.8 Å². The van der Waals surface area contributed by atoms with Gasteiger partial charge in [-0.3, -0.25) is 19.3 Å². The molecule has 6 nitrogen and oxygen atoms in total. The molecular weight excluding hydrogens is 308 g/mol. The zero-order chi connectivity index (χ0) is 17.9. The molecule has 2 heterocycles. The van der Waals surface area contributed by atoms with Crippen LogP contribution in [-0.2, 0) is 20.8 Å². The average Bonchev–Trinajstić information content (AvgIpc) is 3.02. The van der Waals surface area contributed by atoms with Crippen LogP contribution in [0.4, 0.5) is 5.88 Å². The first kappa shape index (κ1) is 18.0. The fraction of sp³-hybridized carbons (Fsp3) is 0.500. The number of amides is 2. The van der Waals surface area contributed by atoms with Crippen molar-refractivity contribution in [2.24, 2.45) is 5.92 Å². The van der Waals surface area contributed by atoms with Crippen LogP contribution in [0, 0.1) is 5.92 Å². The summed E-state index contributed by atoms with van der Waals surface area (Å²) in [6.45, 7) is 9.71. The number of hydrogen-bond donors (Lipinski definition) is 0. The Hall–Kier alpha value is -2.37. The summed E-state index contributed by atoms with van der Waals surface area (Å²) in [7, 11) is 0. The molecule has 1 atom stereocenters. The number of hydrogen-bond acceptors (Lipinski definition) is 4. The Kier molecular flexibility index (Phi) is 5.59. The Morgan fingerprint density at radius 3 is 2.71 bits per heavy atom. The summed E-state index contributed by atoms with van der Waals surface area (Å²) in [4.78, 5) is 39.0. The summed E-state index contributed by atoms with van der Waals surface area (Å²) in [5, 5.41) is 0. The summed E-state index contributed by atoms with van der Waals surface area (Å²) >= 11 is 0. The Morgan fingerprint density at radius 2 is 2.08 bits per heavy atom. The molecule has 1 saturated heterocycles. The molecule has 1 aliphatic heterocycles. The molecule has 0 bridgehead atoms. The number of ketones is 1. The van der Waals surface area contributed by atoms with Gasteiger partial charge in [0.15, 0.2) is 0 Å². The van der Waals surface area contributed by atoms with Gasteiger partial charge in [-0.05, 0) is 19.1 Å². The Morgan fingerprint density at radius 1 is 1.38 bits per heavy atom. The average molecular weight is 332 g/mol.